The molecule has 0 bridgehead atoms. The molecule has 19 heavy (non-hydrogen) atoms. The predicted molar refractivity (Wildman–Crippen MR) is 78.2 cm³/mol. The van der Waals surface area contributed by atoms with E-state index in [-0.39, 0.29) is 11.5 Å². The van der Waals surface area contributed by atoms with Crippen LogP contribution in [-0.2, 0) is 5.41 Å². The molecular formula is C16H21N3. The summed E-state index contributed by atoms with van der Waals surface area (Å²) >= 11 is 0. The second-order valence-electron chi connectivity index (χ2n) is 6.18. The van der Waals surface area contributed by atoms with E-state index in [9.17, 15) is 0 Å². The number of anilines is 1. The topological polar surface area (TPSA) is 43.8 Å². The van der Waals surface area contributed by atoms with Crippen molar-refractivity contribution in [3.8, 4) is 0 Å². The van der Waals surface area contributed by atoms with Gasteiger partial charge in [0.1, 0.15) is 5.82 Å². The Morgan fingerprint density at radius 2 is 2.05 bits per heavy atom. The lowest BCUT2D eigenvalue weighted by Gasteiger charge is -2.37. The molecule has 0 radical (unpaired) electrons. The molecule has 1 aromatic heterocycles. The second-order valence-corrected chi connectivity index (χ2v) is 6.18. The van der Waals surface area contributed by atoms with Crippen LogP contribution in [0.3, 0.4) is 0 Å². The van der Waals surface area contributed by atoms with Gasteiger partial charge in [-0.1, -0.05) is 38.1 Å². The highest BCUT2D eigenvalue weighted by Crippen LogP contribution is 2.43. The van der Waals surface area contributed by atoms with E-state index in [1.165, 1.54) is 11.1 Å². The summed E-state index contributed by atoms with van der Waals surface area (Å²) in [4.78, 5) is 0. The van der Waals surface area contributed by atoms with E-state index in [1.54, 1.807) is 0 Å². The van der Waals surface area contributed by atoms with Gasteiger partial charge >= 0.3 is 0 Å². The van der Waals surface area contributed by atoms with Gasteiger partial charge < -0.3 is 5.73 Å². The molecular weight excluding hydrogens is 234 g/mol. The lowest BCUT2D eigenvalue weighted by molar-refractivity contribution is 0.355. The van der Waals surface area contributed by atoms with E-state index >= 15 is 0 Å². The van der Waals surface area contributed by atoms with E-state index in [2.05, 4.69) is 43.2 Å². The maximum absolute atomic E-state index is 6.16. The van der Waals surface area contributed by atoms with E-state index < -0.39 is 0 Å². The molecule has 100 valence electrons. The Bertz CT molecular complexity index is 610. The van der Waals surface area contributed by atoms with Gasteiger partial charge in [0.05, 0.1) is 12.2 Å². The van der Waals surface area contributed by atoms with Crippen molar-refractivity contribution < 1.29 is 0 Å². The standard InChI is InChI=1S/C16H21N3/c1-11-10-18-19(15(11)17)14-8-9-16(2,3)13-7-5-4-6-12(13)14/h4-7,10,14H,8-9,17H2,1-3H3. The van der Waals surface area contributed by atoms with Crippen LogP contribution in [0.25, 0.3) is 0 Å². The normalized spacial score (nSPS) is 21.1. The Labute approximate surface area is 114 Å². The van der Waals surface area contributed by atoms with Crippen LogP contribution in [0, 0.1) is 6.92 Å². The molecule has 0 fully saturated rings. The molecule has 0 saturated carbocycles. The molecule has 0 aliphatic heterocycles. The molecule has 1 unspecified atom stereocenters. The van der Waals surface area contributed by atoms with Crippen LogP contribution in [0.2, 0.25) is 0 Å². The van der Waals surface area contributed by atoms with Crippen LogP contribution in [0.4, 0.5) is 5.82 Å². The van der Waals surface area contributed by atoms with Gasteiger partial charge in [0.15, 0.2) is 0 Å². The van der Waals surface area contributed by atoms with Crippen molar-refractivity contribution in [3.63, 3.8) is 0 Å². The van der Waals surface area contributed by atoms with Gasteiger partial charge in [-0.25, -0.2) is 4.68 Å². The number of hydrogen-bond donors (Lipinski definition) is 1. The fourth-order valence-corrected chi connectivity index (χ4v) is 3.15. The molecule has 0 amide bonds. The van der Waals surface area contributed by atoms with Crippen molar-refractivity contribution in [2.45, 2.75) is 45.1 Å². The van der Waals surface area contributed by atoms with Crippen LogP contribution < -0.4 is 5.73 Å². The zero-order chi connectivity index (χ0) is 13.6. The number of nitrogens with two attached hydrogens (primary N) is 1. The SMILES string of the molecule is Cc1cnn(C2CCC(C)(C)c3ccccc32)c1N. The fraction of sp³-hybridized carbons (Fsp3) is 0.438. The van der Waals surface area contributed by atoms with Crippen molar-refractivity contribution in [2.75, 3.05) is 5.73 Å². The number of rotatable bonds is 1. The molecule has 2 N–H and O–H groups in total. The highest BCUT2D eigenvalue weighted by atomic mass is 15.3. The minimum atomic E-state index is 0.240. The molecule has 0 saturated heterocycles. The van der Waals surface area contributed by atoms with Crippen LogP contribution >= 0.6 is 0 Å². The molecule has 1 aliphatic carbocycles. The Morgan fingerprint density at radius 1 is 1.32 bits per heavy atom. The van der Waals surface area contributed by atoms with Crippen molar-refractivity contribution in [1.82, 2.24) is 9.78 Å². The second kappa shape index (κ2) is 4.12. The predicted octanol–water partition coefficient (Wildman–Crippen LogP) is 3.43. The zero-order valence-electron chi connectivity index (χ0n) is 11.9. The Hall–Kier alpha value is -1.77. The molecule has 2 aromatic rings. The number of aromatic nitrogens is 2. The summed E-state index contributed by atoms with van der Waals surface area (Å²) in [5.41, 5.74) is 10.3. The summed E-state index contributed by atoms with van der Waals surface area (Å²) in [7, 11) is 0. The Balaban J connectivity index is 2.13. The van der Waals surface area contributed by atoms with Gasteiger partial charge in [0, 0.05) is 5.56 Å². The minimum Gasteiger partial charge on any atom is -0.384 e. The Kier molecular flexibility index (Phi) is 2.66. The summed E-state index contributed by atoms with van der Waals surface area (Å²) in [6.07, 6.45) is 4.11. The minimum absolute atomic E-state index is 0.240. The number of benzene rings is 1. The summed E-state index contributed by atoms with van der Waals surface area (Å²) in [6.45, 7) is 6.65. The average molecular weight is 255 g/mol. The first kappa shape index (κ1) is 12.3. The first-order chi connectivity index (χ1) is 9.00. The number of aryl methyl sites for hydroxylation is 1. The van der Waals surface area contributed by atoms with Gasteiger partial charge in [-0.15, -0.1) is 0 Å². The van der Waals surface area contributed by atoms with Crippen molar-refractivity contribution in [1.29, 1.82) is 0 Å². The molecule has 3 nitrogen and oxygen atoms in total. The smallest absolute Gasteiger partial charge is 0.125 e. The van der Waals surface area contributed by atoms with Crippen LogP contribution in [0.5, 0.6) is 0 Å². The molecule has 1 aliphatic rings. The van der Waals surface area contributed by atoms with E-state index in [0.29, 0.717) is 0 Å². The molecule has 1 aromatic carbocycles. The number of nitrogen functional groups attached to an aromatic ring is 1. The first-order valence-corrected chi connectivity index (χ1v) is 6.90. The van der Waals surface area contributed by atoms with E-state index in [0.717, 1.165) is 24.2 Å². The number of nitrogens with zero attached hydrogens (tertiary/aromatic N) is 2. The van der Waals surface area contributed by atoms with Gasteiger partial charge in [0.2, 0.25) is 0 Å². The number of hydrogen-bond acceptors (Lipinski definition) is 2. The quantitative estimate of drug-likeness (QED) is 0.848. The lowest BCUT2D eigenvalue weighted by Crippen LogP contribution is -2.29. The van der Waals surface area contributed by atoms with Crippen molar-refractivity contribution in [2.24, 2.45) is 0 Å². The first-order valence-electron chi connectivity index (χ1n) is 6.90. The van der Waals surface area contributed by atoms with Crippen molar-refractivity contribution >= 4 is 5.82 Å². The molecule has 0 spiro atoms. The highest BCUT2D eigenvalue weighted by molar-refractivity contribution is 5.43. The van der Waals surface area contributed by atoms with E-state index in [1.807, 2.05) is 17.8 Å². The fourth-order valence-electron chi connectivity index (χ4n) is 3.15. The monoisotopic (exact) mass is 255 g/mol. The summed E-state index contributed by atoms with van der Waals surface area (Å²) in [5.74, 6) is 0.791. The van der Waals surface area contributed by atoms with Gasteiger partial charge in [-0.2, -0.15) is 5.10 Å². The third-order valence-corrected chi connectivity index (χ3v) is 4.41. The largest absolute Gasteiger partial charge is 0.384 e. The van der Waals surface area contributed by atoms with Crippen LogP contribution in [0.15, 0.2) is 30.5 Å². The summed E-state index contributed by atoms with van der Waals surface area (Å²) < 4.78 is 1.99. The van der Waals surface area contributed by atoms with Gasteiger partial charge in [-0.3, -0.25) is 0 Å². The van der Waals surface area contributed by atoms with Crippen LogP contribution in [0.1, 0.15) is 49.4 Å². The third kappa shape index (κ3) is 1.84. The third-order valence-electron chi connectivity index (χ3n) is 4.41. The highest BCUT2D eigenvalue weighted by Gasteiger charge is 2.34. The van der Waals surface area contributed by atoms with E-state index in [4.69, 9.17) is 5.73 Å². The zero-order valence-corrected chi connectivity index (χ0v) is 11.9. The molecule has 3 heteroatoms. The molecule has 3 rings (SSSR count). The van der Waals surface area contributed by atoms with Crippen LogP contribution in [-0.4, -0.2) is 9.78 Å². The van der Waals surface area contributed by atoms with Gasteiger partial charge in [0.25, 0.3) is 0 Å². The summed E-state index contributed by atoms with van der Waals surface area (Å²) in [5, 5.41) is 4.48. The summed E-state index contributed by atoms with van der Waals surface area (Å²) in [6, 6.07) is 8.98. The maximum Gasteiger partial charge on any atom is 0.125 e. The van der Waals surface area contributed by atoms with Crippen molar-refractivity contribution in [3.05, 3.63) is 47.2 Å². The van der Waals surface area contributed by atoms with Gasteiger partial charge in [-0.05, 0) is 36.3 Å². The lowest BCUT2D eigenvalue weighted by atomic mass is 9.71. The molecule has 1 atom stereocenters. The number of fused-ring (bicyclic) bond motifs is 1. The maximum atomic E-state index is 6.16. The Morgan fingerprint density at radius 3 is 2.74 bits per heavy atom. The molecule has 1 heterocycles. The average Bonchev–Trinajstić information content (AvgIpc) is 2.71.